The summed E-state index contributed by atoms with van der Waals surface area (Å²) in [6, 6.07) is 13.6. The summed E-state index contributed by atoms with van der Waals surface area (Å²) in [5.74, 6) is 1.86. The Balaban J connectivity index is 1.86. The first kappa shape index (κ1) is 15.4. The number of hydrogen-bond donors (Lipinski definition) is 2. The minimum atomic E-state index is 0.0601. The summed E-state index contributed by atoms with van der Waals surface area (Å²) in [6.07, 6.45) is 3.75. The molecule has 4 heteroatoms. The van der Waals surface area contributed by atoms with Crippen molar-refractivity contribution in [3.63, 3.8) is 0 Å². The first-order chi connectivity index (χ1) is 11.1. The normalized spacial score (nSPS) is 18.5. The van der Waals surface area contributed by atoms with E-state index >= 15 is 0 Å². The number of benzene rings is 2. The van der Waals surface area contributed by atoms with E-state index in [1.165, 1.54) is 0 Å². The average molecular weight is 324 g/mol. The van der Waals surface area contributed by atoms with Crippen molar-refractivity contribution in [2.75, 3.05) is 11.5 Å². The van der Waals surface area contributed by atoms with Gasteiger partial charge in [0.1, 0.15) is 11.5 Å². The van der Waals surface area contributed by atoms with E-state index in [1.807, 2.05) is 12.2 Å². The number of hydrogen-bond acceptors (Lipinski definition) is 4. The molecule has 0 unspecified atom stereocenters. The Morgan fingerprint density at radius 3 is 1.52 bits per heavy atom. The lowest BCUT2D eigenvalue weighted by Gasteiger charge is -2.16. The van der Waals surface area contributed by atoms with Crippen LogP contribution in [0.15, 0.2) is 59.7 Å². The molecule has 1 saturated heterocycles. The number of Topliss-reactive ketones (excluding diaryl/α,β-unsaturated/α-hetero) is 1. The van der Waals surface area contributed by atoms with E-state index < -0.39 is 0 Å². The van der Waals surface area contributed by atoms with E-state index in [4.69, 9.17) is 0 Å². The third-order valence-corrected chi connectivity index (χ3v) is 4.60. The third kappa shape index (κ3) is 3.85. The van der Waals surface area contributed by atoms with E-state index in [2.05, 4.69) is 0 Å². The standard InChI is InChI=1S/C19H16O3S/c20-17-5-1-13(2-6-17)9-15-11-23-12-16(19(15)22)10-14-3-7-18(21)8-4-14/h1-10,20-21H,11-12H2. The van der Waals surface area contributed by atoms with Gasteiger partial charge in [-0.2, -0.15) is 11.8 Å². The Kier molecular flexibility index (Phi) is 4.53. The van der Waals surface area contributed by atoms with Crippen molar-refractivity contribution in [1.82, 2.24) is 0 Å². The van der Waals surface area contributed by atoms with Crippen LogP contribution in [0.3, 0.4) is 0 Å². The molecule has 1 aliphatic heterocycles. The van der Waals surface area contributed by atoms with Crippen molar-refractivity contribution in [1.29, 1.82) is 0 Å². The molecule has 2 N–H and O–H groups in total. The Bertz CT molecular complexity index is 706. The molecule has 0 saturated carbocycles. The monoisotopic (exact) mass is 324 g/mol. The lowest BCUT2D eigenvalue weighted by atomic mass is 10.0. The largest absolute Gasteiger partial charge is 0.508 e. The SMILES string of the molecule is O=C1C(=Cc2ccc(O)cc2)CSCC1=Cc1ccc(O)cc1. The highest BCUT2D eigenvalue weighted by molar-refractivity contribution is 7.99. The molecule has 0 aliphatic carbocycles. The number of phenolic OH excluding ortho intramolecular Hbond substituents is 2. The zero-order valence-electron chi connectivity index (χ0n) is 12.4. The molecule has 0 aromatic heterocycles. The topological polar surface area (TPSA) is 57.5 Å². The molecule has 2 aromatic rings. The second-order valence-corrected chi connectivity index (χ2v) is 6.33. The first-order valence-corrected chi connectivity index (χ1v) is 8.39. The smallest absolute Gasteiger partial charge is 0.186 e. The highest BCUT2D eigenvalue weighted by Gasteiger charge is 2.20. The molecule has 3 rings (SSSR count). The molecule has 1 heterocycles. The van der Waals surface area contributed by atoms with E-state index in [-0.39, 0.29) is 17.3 Å². The fraction of sp³-hybridized carbons (Fsp3) is 0.105. The molecular weight excluding hydrogens is 308 g/mol. The number of ketones is 1. The minimum absolute atomic E-state index is 0.0601. The van der Waals surface area contributed by atoms with Crippen molar-refractivity contribution >= 4 is 29.7 Å². The third-order valence-electron chi connectivity index (χ3n) is 3.57. The molecule has 1 aliphatic rings. The number of phenols is 2. The van der Waals surface area contributed by atoms with Gasteiger partial charge in [0, 0.05) is 22.7 Å². The summed E-state index contributed by atoms with van der Waals surface area (Å²) in [7, 11) is 0. The molecule has 0 amide bonds. The molecule has 116 valence electrons. The fourth-order valence-electron chi connectivity index (χ4n) is 2.37. The van der Waals surface area contributed by atoms with Crippen LogP contribution in [0.25, 0.3) is 12.2 Å². The van der Waals surface area contributed by atoms with Crippen LogP contribution < -0.4 is 0 Å². The van der Waals surface area contributed by atoms with Gasteiger partial charge in [0.15, 0.2) is 5.78 Å². The predicted molar refractivity (Wildman–Crippen MR) is 94.5 cm³/mol. The van der Waals surface area contributed by atoms with Crippen LogP contribution in [0.5, 0.6) is 11.5 Å². The van der Waals surface area contributed by atoms with Gasteiger partial charge in [0.25, 0.3) is 0 Å². The molecular formula is C19H16O3S. The van der Waals surface area contributed by atoms with Crippen molar-refractivity contribution in [3.05, 3.63) is 70.8 Å². The summed E-state index contributed by atoms with van der Waals surface area (Å²) < 4.78 is 0. The fourth-order valence-corrected chi connectivity index (χ4v) is 3.34. The summed E-state index contributed by atoms with van der Waals surface area (Å²) >= 11 is 1.70. The molecule has 2 aromatic carbocycles. The number of thioether (sulfide) groups is 1. The van der Waals surface area contributed by atoms with Gasteiger partial charge in [-0.05, 0) is 47.5 Å². The van der Waals surface area contributed by atoms with Gasteiger partial charge in [0.2, 0.25) is 0 Å². The van der Waals surface area contributed by atoms with Crippen LogP contribution in [0.2, 0.25) is 0 Å². The molecule has 23 heavy (non-hydrogen) atoms. The zero-order chi connectivity index (χ0) is 16.2. The Morgan fingerprint density at radius 2 is 1.13 bits per heavy atom. The maximum atomic E-state index is 12.6. The van der Waals surface area contributed by atoms with E-state index in [0.717, 1.165) is 22.3 Å². The minimum Gasteiger partial charge on any atom is -0.508 e. The molecule has 0 radical (unpaired) electrons. The van der Waals surface area contributed by atoms with Gasteiger partial charge < -0.3 is 10.2 Å². The first-order valence-electron chi connectivity index (χ1n) is 7.23. The zero-order valence-corrected chi connectivity index (χ0v) is 13.2. The molecule has 0 bridgehead atoms. The number of rotatable bonds is 2. The van der Waals surface area contributed by atoms with Crippen LogP contribution in [0, 0.1) is 0 Å². The van der Waals surface area contributed by atoms with Gasteiger partial charge in [-0.3, -0.25) is 4.79 Å². The lowest BCUT2D eigenvalue weighted by molar-refractivity contribution is -0.112. The molecule has 0 atom stereocenters. The summed E-state index contributed by atoms with van der Waals surface area (Å²) in [5, 5.41) is 18.6. The van der Waals surface area contributed by atoms with Gasteiger partial charge in [-0.15, -0.1) is 0 Å². The van der Waals surface area contributed by atoms with Gasteiger partial charge in [-0.25, -0.2) is 0 Å². The number of aromatic hydroxyl groups is 2. The number of carbonyl (C=O) groups is 1. The maximum Gasteiger partial charge on any atom is 0.186 e. The van der Waals surface area contributed by atoms with Gasteiger partial charge in [0.05, 0.1) is 0 Å². The van der Waals surface area contributed by atoms with Crippen LogP contribution in [0.4, 0.5) is 0 Å². The molecule has 0 spiro atoms. The van der Waals surface area contributed by atoms with Crippen LogP contribution in [-0.4, -0.2) is 27.5 Å². The van der Waals surface area contributed by atoms with E-state index in [9.17, 15) is 15.0 Å². The Labute approximate surface area is 139 Å². The van der Waals surface area contributed by atoms with Gasteiger partial charge >= 0.3 is 0 Å². The maximum absolute atomic E-state index is 12.6. The molecule has 3 nitrogen and oxygen atoms in total. The Hall–Kier alpha value is -2.46. The van der Waals surface area contributed by atoms with E-state index in [1.54, 1.807) is 60.3 Å². The average Bonchev–Trinajstić information content (AvgIpc) is 2.55. The number of carbonyl (C=O) groups excluding carboxylic acids is 1. The van der Waals surface area contributed by atoms with Crippen LogP contribution in [-0.2, 0) is 4.79 Å². The Morgan fingerprint density at radius 1 is 0.739 bits per heavy atom. The van der Waals surface area contributed by atoms with Crippen LogP contribution in [0.1, 0.15) is 11.1 Å². The van der Waals surface area contributed by atoms with Gasteiger partial charge in [-0.1, -0.05) is 24.3 Å². The predicted octanol–water partition coefficient (Wildman–Crippen LogP) is 3.88. The molecule has 1 fully saturated rings. The summed E-state index contributed by atoms with van der Waals surface area (Å²) in [6.45, 7) is 0. The second-order valence-electron chi connectivity index (χ2n) is 5.34. The highest BCUT2D eigenvalue weighted by atomic mass is 32.2. The second kappa shape index (κ2) is 6.75. The summed E-state index contributed by atoms with van der Waals surface area (Å²) in [5.41, 5.74) is 3.32. The van der Waals surface area contributed by atoms with Crippen LogP contribution >= 0.6 is 11.8 Å². The van der Waals surface area contributed by atoms with E-state index in [0.29, 0.717) is 11.5 Å². The van der Waals surface area contributed by atoms with Crippen molar-refractivity contribution in [3.8, 4) is 11.5 Å². The van der Waals surface area contributed by atoms with Crippen molar-refractivity contribution in [2.24, 2.45) is 0 Å². The lowest BCUT2D eigenvalue weighted by Crippen LogP contribution is -2.16. The van der Waals surface area contributed by atoms with Crippen molar-refractivity contribution in [2.45, 2.75) is 0 Å². The summed E-state index contributed by atoms with van der Waals surface area (Å²) in [4.78, 5) is 12.6. The highest BCUT2D eigenvalue weighted by Crippen LogP contribution is 2.27. The van der Waals surface area contributed by atoms with Crippen molar-refractivity contribution < 1.29 is 15.0 Å². The quantitative estimate of drug-likeness (QED) is 0.823.